The molecule has 1 aromatic heterocycles. The Kier molecular flexibility index (Phi) is 4.20. The summed E-state index contributed by atoms with van der Waals surface area (Å²) in [4.78, 5) is 38.5. The van der Waals surface area contributed by atoms with E-state index in [1.54, 1.807) is 19.3 Å². The van der Waals surface area contributed by atoms with Crippen LogP contribution >= 0.6 is 0 Å². The van der Waals surface area contributed by atoms with Gasteiger partial charge in [0.2, 0.25) is 0 Å². The van der Waals surface area contributed by atoms with E-state index >= 15 is 0 Å². The number of esters is 1. The number of methoxy groups -OCH3 is 1. The van der Waals surface area contributed by atoms with Crippen LogP contribution in [0.25, 0.3) is 0 Å². The molecule has 2 aromatic rings. The van der Waals surface area contributed by atoms with Crippen LogP contribution < -0.4 is 5.56 Å². The molecule has 0 spiro atoms. The van der Waals surface area contributed by atoms with Gasteiger partial charge in [-0.25, -0.2) is 4.79 Å². The fourth-order valence-electron chi connectivity index (χ4n) is 3.00. The number of benzene rings is 1. The molecular formula is C18H18N2O4. The average Bonchev–Trinajstić information content (AvgIpc) is 2.61. The predicted molar refractivity (Wildman–Crippen MR) is 87.6 cm³/mol. The number of carbonyl (C=O) groups is 2. The molecule has 1 amide bonds. The number of aryl methyl sites for hydroxylation is 1. The molecule has 1 aromatic carbocycles. The first-order valence-electron chi connectivity index (χ1n) is 7.66. The Labute approximate surface area is 139 Å². The van der Waals surface area contributed by atoms with E-state index in [1.165, 1.54) is 22.6 Å². The van der Waals surface area contributed by atoms with E-state index in [2.05, 4.69) is 0 Å². The van der Waals surface area contributed by atoms with E-state index in [4.69, 9.17) is 4.74 Å². The number of hydrogen-bond donors (Lipinski definition) is 0. The molecule has 0 bridgehead atoms. The second kappa shape index (κ2) is 6.31. The Bertz CT molecular complexity index is 856. The zero-order chi connectivity index (χ0) is 17.3. The highest BCUT2D eigenvalue weighted by molar-refractivity contribution is 5.97. The minimum Gasteiger partial charge on any atom is -0.467 e. The molecule has 0 N–H and O–H groups in total. The SMILES string of the molecule is COC(=O)[C@@H]1c2ccccc2CCN1C(=O)c1ccn(C)c(=O)c1. The Morgan fingerprint density at radius 1 is 1.21 bits per heavy atom. The van der Waals surface area contributed by atoms with Crippen LogP contribution in [0, 0.1) is 0 Å². The van der Waals surface area contributed by atoms with E-state index in [1.807, 2.05) is 24.3 Å². The van der Waals surface area contributed by atoms with Crippen LogP contribution in [0.2, 0.25) is 0 Å². The van der Waals surface area contributed by atoms with Crippen molar-refractivity contribution in [2.24, 2.45) is 7.05 Å². The van der Waals surface area contributed by atoms with E-state index in [0.717, 1.165) is 11.1 Å². The Hall–Kier alpha value is -2.89. The van der Waals surface area contributed by atoms with Crippen LogP contribution in [0.4, 0.5) is 0 Å². The molecule has 0 unspecified atom stereocenters. The number of amides is 1. The lowest BCUT2D eigenvalue weighted by molar-refractivity contribution is -0.146. The molecule has 24 heavy (non-hydrogen) atoms. The monoisotopic (exact) mass is 326 g/mol. The van der Waals surface area contributed by atoms with Crippen molar-refractivity contribution in [1.29, 1.82) is 0 Å². The van der Waals surface area contributed by atoms with Gasteiger partial charge in [0.1, 0.15) is 0 Å². The molecule has 0 saturated carbocycles. The van der Waals surface area contributed by atoms with Crippen molar-refractivity contribution in [2.75, 3.05) is 13.7 Å². The fraction of sp³-hybridized carbons (Fsp3) is 0.278. The largest absolute Gasteiger partial charge is 0.467 e. The summed E-state index contributed by atoms with van der Waals surface area (Å²) in [6, 6.07) is 9.60. The van der Waals surface area contributed by atoms with Gasteiger partial charge in [-0.15, -0.1) is 0 Å². The maximum atomic E-state index is 12.9. The third-order valence-corrected chi connectivity index (χ3v) is 4.32. The summed E-state index contributed by atoms with van der Waals surface area (Å²) in [7, 11) is 2.92. The van der Waals surface area contributed by atoms with E-state index in [-0.39, 0.29) is 17.0 Å². The number of carbonyl (C=O) groups excluding carboxylic acids is 2. The van der Waals surface area contributed by atoms with Gasteiger partial charge < -0.3 is 14.2 Å². The summed E-state index contributed by atoms with van der Waals surface area (Å²) in [5, 5.41) is 0. The van der Waals surface area contributed by atoms with Gasteiger partial charge in [-0.3, -0.25) is 9.59 Å². The van der Waals surface area contributed by atoms with Gasteiger partial charge in [-0.05, 0) is 23.6 Å². The number of aromatic nitrogens is 1. The van der Waals surface area contributed by atoms with Crippen molar-refractivity contribution in [3.05, 3.63) is 69.6 Å². The first kappa shape index (κ1) is 16.0. The number of pyridine rings is 1. The molecule has 124 valence electrons. The third kappa shape index (κ3) is 2.71. The number of hydrogen-bond acceptors (Lipinski definition) is 4. The maximum absolute atomic E-state index is 12.9. The smallest absolute Gasteiger partial charge is 0.333 e. The van der Waals surface area contributed by atoms with Crippen molar-refractivity contribution < 1.29 is 14.3 Å². The van der Waals surface area contributed by atoms with Gasteiger partial charge in [-0.1, -0.05) is 24.3 Å². The summed E-state index contributed by atoms with van der Waals surface area (Å²) < 4.78 is 6.30. The summed E-state index contributed by atoms with van der Waals surface area (Å²) in [6.45, 7) is 0.394. The number of rotatable bonds is 2. The highest BCUT2D eigenvalue weighted by Crippen LogP contribution is 2.31. The topological polar surface area (TPSA) is 68.6 Å². The second-order valence-corrected chi connectivity index (χ2v) is 5.74. The molecule has 6 heteroatoms. The zero-order valence-electron chi connectivity index (χ0n) is 13.6. The Morgan fingerprint density at radius 2 is 1.96 bits per heavy atom. The molecule has 3 rings (SSSR count). The number of ether oxygens (including phenoxy) is 1. The van der Waals surface area contributed by atoms with Crippen molar-refractivity contribution in [3.8, 4) is 0 Å². The molecule has 2 heterocycles. The summed E-state index contributed by atoms with van der Waals surface area (Å²) >= 11 is 0. The molecule has 1 aliphatic heterocycles. The van der Waals surface area contributed by atoms with Gasteiger partial charge in [0.25, 0.3) is 11.5 Å². The van der Waals surface area contributed by atoms with Gasteiger partial charge in [0.15, 0.2) is 6.04 Å². The lowest BCUT2D eigenvalue weighted by Crippen LogP contribution is -2.44. The molecule has 6 nitrogen and oxygen atoms in total. The van der Waals surface area contributed by atoms with Crippen LogP contribution in [0.1, 0.15) is 27.5 Å². The van der Waals surface area contributed by atoms with Gasteiger partial charge in [0.05, 0.1) is 7.11 Å². The lowest BCUT2D eigenvalue weighted by atomic mass is 9.92. The molecule has 0 fully saturated rings. The second-order valence-electron chi connectivity index (χ2n) is 5.74. The van der Waals surface area contributed by atoms with Crippen molar-refractivity contribution in [1.82, 2.24) is 9.47 Å². The molecule has 0 saturated heterocycles. The molecule has 1 aliphatic rings. The van der Waals surface area contributed by atoms with Gasteiger partial charge >= 0.3 is 5.97 Å². The highest BCUT2D eigenvalue weighted by atomic mass is 16.5. The minimum absolute atomic E-state index is 0.270. The van der Waals surface area contributed by atoms with Crippen LogP contribution in [0.15, 0.2) is 47.4 Å². The fourth-order valence-corrected chi connectivity index (χ4v) is 3.00. The molecule has 1 atom stereocenters. The molecular weight excluding hydrogens is 308 g/mol. The lowest BCUT2D eigenvalue weighted by Gasteiger charge is -2.35. The average molecular weight is 326 g/mol. The maximum Gasteiger partial charge on any atom is 0.333 e. The van der Waals surface area contributed by atoms with Crippen LogP contribution in [-0.2, 0) is 23.0 Å². The summed E-state index contributed by atoms with van der Waals surface area (Å²) in [6.07, 6.45) is 2.20. The quantitative estimate of drug-likeness (QED) is 0.780. The molecule has 0 aliphatic carbocycles. The van der Waals surface area contributed by atoms with Crippen LogP contribution in [0.3, 0.4) is 0 Å². The highest BCUT2D eigenvalue weighted by Gasteiger charge is 2.37. The first-order chi connectivity index (χ1) is 11.5. The van der Waals surface area contributed by atoms with Crippen LogP contribution in [0.5, 0.6) is 0 Å². The molecule has 0 radical (unpaired) electrons. The summed E-state index contributed by atoms with van der Waals surface area (Å²) in [5.74, 6) is -0.836. The van der Waals surface area contributed by atoms with E-state index in [0.29, 0.717) is 13.0 Å². The zero-order valence-corrected chi connectivity index (χ0v) is 13.6. The Morgan fingerprint density at radius 3 is 2.67 bits per heavy atom. The van der Waals surface area contributed by atoms with Crippen LogP contribution in [-0.4, -0.2) is 35.0 Å². The number of nitrogens with zero attached hydrogens (tertiary/aromatic N) is 2. The standard InChI is InChI=1S/C18H18N2O4/c1-19-9-7-13(11-15(19)21)17(22)20-10-8-12-5-3-4-6-14(12)16(20)18(23)24-2/h3-7,9,11,16H,8,10H2,1-2H3/t16-/m0/s1. The number of fused-ring (bicyclic) bond motifs is 1. The first-order valence-corrected chi connectivity index (χ1v) is 7.66. The predicted octanol–water partition coefficient (Wildman–Crippen LogP) is 1.30. The minimum atomic E-state index is -0.795. The van der Waals surface area contributed by atoms with Crippen molar-refractivity contribution in [3.63, 3.8) is 0 Å². The van der Waals surface area contributed by atoms with Crippen molar-refractivity contribution >= 4 is 11.9 Å². The van der Waals surface area contributed by atoms with Crippen molar-refractivity contribution in [2.45, 2.75) is 12.5 Å². The summed E-state index contributed by atoms with van der Waals surface area (Å²) in [5.41, 5.74) is 1.80. The van der Waals surface area contributed by atoms with E-state index < -0.39 is 12.0 Å². The van der Waals surface area contributed by atoms with E-state index in [9.17, 15) is 14.4 Å². The van der Waals surface area contributed by atoms with Gasteiger partial charge in [0, 0.05) is 31.4 Å². The van der Waals surface area contributed by atoms with Gasteiger partial charge in [-0.2, -0.15) is 0 Å². The normalized spacial score (nSPS) is 16.4. The Balaban J connectivity index is 2.02. The third-order valence-electron chi connectivity index (χ3n) is 4.32.